The molecule has 3 heteroatoms. The summed E-state index contributed by atoms with van der Waals surface area (Å²) in [7, 11) is 1.56. The second-order valence-electron chi connectivity index (χ2n) is 3.01. The van der Waals surface area contributed by atoms with E-state index in [-0.39, 0.29) is 0 Å². The van der Waals surface area contributed by atoms with Crippen LogP contribution in [-0.2, 0) is 9.47 Å². The second kappa shape index (κ2) is 4.70. The summed E-state index contributed by atoms with van der Waals surface area (Å²) in [6.45, 7) is 6.52. The topological polar surface area (TPSA) is 38.7 Å². The van der Waals surface area contributed by atoms with Crippen LogP contribution in [0.5, 0.6) is 0 Å². The SMILES string of the molecule is CCOC(C)(C)C(O)COC. The monoisotopic (exact) mass is 162 g/mol. The van der Waals surface area contributed by atoms with Crippen LogP contribution in [-0.4, -0.2) is 37.1 Å². The van der Waals surface area contributed by atoms with Crippen molar-refractivity contribution in [2.24, 2.45) is 0 Å². The Hall–Kier alpha value is -0.120. The zero-order valence-corrected chi connectivity index (χ0v) is 7.76. The third-order valence-corrected chi connectivity index (χ3v) is 1.64. The Kier molecular flexibility index (Phi) is 4.65. The molecule has 0 aromatic carbocycles. The lowest BCUT2D eigenvalue weighted by molar-refractivity contribution is -0.116. The molecular formula is C8H18O3. The molecule has 0 aromatic heterocycles. The van der Waals surface area contributed by atoms with E-state index in [9.17, 15) is 5.11 Å². The highest BCUT2D eigenvalue weighted by Crippen LogP contribution is 2.14. The minimum Gasteiger partial charge on any atom is -0.388 e. The molecule has 0 aromatic rings. The highest BCUT2D eigenvalue weighted by Gasteiger charge is 2.27. The molecular weight excluding hydrogens is 144 g/mol. The van der Waals surface area contributed by atoms with E-state index < -0.39 is 11.7 Å². The number of methoxy groups -OCH3 is 1. The lowest BCUT2D eigenvalue weighted by Crippen LogP contribution is -2.41. The Morgan fingerprint density at radius 2 is 2.00 bits per heavy atom. The van der Waals surface area contributed by atoms with Crippen LogP contribution in [0.25, 0.3) is 0 Å². The first-order valence-corrected chi connectivity index (χ1v) is 3.85. The summed E-state index contributed by atoms with van der Waals surface area (Å²) in [6.07, 6.45) is -0.563. The fourth-order valence-electron chi connectivity index (χ4n) is 0.827. The van der Waals surface area contributed by atoms with Crippen molar-refractivity contribution in [1.82, 2.24) is 0 Å². The van der Waals surface area contributed by atoms with Crippen molar-refractivity contribution in [1.29, 1.82) is 0 Å². The predicted molar refractivity (Wildman–Crippen MR) is 43.6 cm³/mol. The maximum Gasteiger partial charge on any atom is 0.106 e. The summed E-state index contributed by atoms with van der Waals surface area (Å²) in [6, 6.07) is 0. The van der Waals surface area contributed by atoms with Crippen LogP contribution in [0, 0.1) is 0 Å². The Labute approximate surface area is 68.3 Å². The van der Waals surface area contributed by atoms with Crippen LogP contribution in [0.1, 0.15) is 20.8 Å². The van der Waals surface area contributed by atoms with E-state index in [1.54, 1.807) is 7.11 Å². The molecule has 0 heterocycles. The van der Waals surface area contributed by atoms with Gasteiger partial charge in [0, 0.05) is 13.7 Å². The molecule has 1 atom stereocenters. The van der Waals surface area contributed by atoms with E-state index in [0.29, 0.717) is 13.2 Å². The Bertz CT molecular complexity index is 102. The van der Waals surface area contributed by atoms with Gasteiger partial charge in [0.2, 0.25) is 0 Å². The summed E-state index contributed by atoms with van der Waals surface area (Å²) in [5.74, 6) is 0. The zero-order chi connectivity index (χ0) is 8.91. The Balaban J connectivity index is 3.83. The molecule has 0 radical (unpaired) electrons. The van der Waals surface area contributed by atoms with E-state index in [1.807, 2.05) is 20.8 Å². The van der Waals surface area contributed by atoms with Gasteiger partial charge >= 0.3 is 0 Å². The zero-order valence-electron chi connectivity index (χ0n) is 7.76. The van der Waals surface area contributed by atoms with Crippen molar-refractivity contribution in [2.45, 2.75) is 32.5 Å². The first-order chi connectivity index (χ1) is 5.04. The van der Waals surface area contributed by atoms with Gasteiger partial charge in [-0.3, -0.25) is 0 Å². The predicted octanol–water partition coefficient (Wildman–Crippen LogP) is 0.809. The average molecular weight is 162 g/mol. The fraction of sp³-hybridized carbons (Fsp3) is 1.00. The standard InChI is InChI=1S/C8H18O3/c1-5-11-8(2,3)7(9)6-10-4/h7,9H,5-6H2,1-4H3. The summed E-state index contributed by atoms with van der Waals surface area (Å²) in [4.78, 5) is 0. The number of hydrogen-bond acceptors (Lipinski definition) is 3. The fourth-order valence-corrected chi connectivity index (χ4v) is 0.827. The average Bonchev–Trinajstić information content (AvgIpc) is 1.88. The van der Waals surface area contributed by atoms with E-state index in [2.05, 4.69) is 0 Å². The third kappa shape index (κ3) is 3.70. The normalized spacial score (nSPS) is 15.0. The lowest BCUT2D eigenvalue weighted by atomic mass is 10.0. The van der Waals surface area contributed by atoms with Crippen LogP contribution >= 0.6 is 0 Å². The quantitative estimate of drug-likeness (QED) is 0.650. The Morgan fingerprint density at radius 1 is 1.45 bits per heavy atom. The lowest BCUT2D eigenvalue weighted by Gasteiger charge is -2.29. The maximum atomic E-state index is 9.46. The van der Waals surface area contributed by atoms with Crippen molar-refractivity contribution in [3.63, 3.8) is 0 Å². The van der Waals surface area contributed by atoms with Gasteiger partial charge in [0.25, 0.3) is 0 Å². The van der Waals surface area contributed by atoms with E-state index >= 15 is 0 Å². The van der Waals surface area contributed by atoms with Gasteiger partial charge in [-0.2, -0.15) is 0 Å². The molecule has 3 nitrogen and oxygen atoms in total. The minimum atomic E-state index is -0.563. The van der Waals surface area contributed by atoms with Crippen LogP contribution < -0.4 is 0 Å². The molecule has 1 unspecified atom stereocenters. The minimum absolute atomic E-state index is 0.312. The molecule has 0 aliphatic carbocycles. The summed E-state index contributed by atoms with van der Waals surface area (Å²) < 4.78 is 10.1. The van der Waals surface area contributed by atoms with Gasteiger partial charge in [-0.15, -0.1) is 0 Å². The van der Waals surface area contributed by atoms with Crippen LogP contribution in [0.4, 0.5) is 0 Å². The molecule has 0 rings (SSSR count). The molecule has 0 bridgehead atoms. The highest BCUT2D eigenvalue weighted by atomic mass is 16.5. The Morgan fingerprint density at radius 3 is 2.36 bits per heavy atom. The molecule has 0 saturated heterocycles. The van der Waals surface area contributed by atoms with Crippen LogP contribution in [0.15, 0.2) is 0 Å². The largest absolute Gasteiger partial charge is 0.388 e. The van der Waals surface area contributed by atoms with Crippen LogP contribution in [0.3, 0.4) is 0 Å². The summed E-state index contributed by atoms with van der Waals surface area (Å²) in [5, 5.41) is 9.46. The van der Waals surface area contributed by atoms with Crippen LogP contribution in [0.2, 0.25) is 0 Å². The van der Waals surface area contributed by atoms with Gasteiger partial charge < -0.3 is 14.6 Å². The van der Waals surface area contributed by atoms with Gasteiger partial charge in [-0.05, 0) is 20.8 Å². The number of hydrogen-bond donors (Lipinski definition) is 1. The third-order valence-electron chi connectivity index (χ3n) is 1.64. The van der Waals surface area contributed by atoms with E-state index in [0.717, 1.165) is 0 Å². The molecule has 0 aliphatic heterocycles. The van der Waals surface area contributed by atoms with Crippen molar-refractivity contribution >= 4 is 0 Å². The molecule has 0 fully saturated rings. The molecule has 68 valence electrons. The van der Waals surface area contributed by atoms with Gasteiger partial charge in [0.15, 0.2) is 0 Å². The first-order valence-electron chi connectivity index (χ1n) is 3.85. The van der Waals surface area contributed by atoms with Crippen molar-refractivity contribution in [3.8, 4) is 0 Å². The van der Waals surface area contributed by atoms with Gasteiger partial charge in [-0.25, -0.2) is 0 Å². The van der Waals surface area contributed by atoms with Crippen molar-refractivity contribution in [3.05, 3.63) is 0 Å². The number of rotatable bonds is 5. The van der Waals surface area contributed by atoms with Gasteiger partial charge in [0.1, 0.15) is 6.10 Å². The summed E-state index contributed by atoms with van der Waals surface area (Å²) in [5.41, 5.74) is -0.509. The molecule has 1 N–H and O–H groups in total. The number of aliphatic hydroxyl groups excluding tert-OH is 1. The first kappa shape index (κ1) is 10.9. The van der Waals surface area contributed by atoms with Crippen molar-refractivity contribution < 1.29 is 14.6 Å². The second-order valence-corrected chi connectivity index (χ2v) is 3.01. The number of aliphatic hydroxyl groups is 1. The number of ether oxygens (including phenoxy) is 2. The smallest absolute Gasteiger partial charge is 0.106 e. The molecule has 0 saturated carbocycles. The molecule has 0 amide bonds. The highest BCUT2D eigenvalue weighted by molar-refractivity contribution is 4.78. The summed E-state index contributed by atoms with van der Waals surface area (Å²) >= 11 is 0. The van der Waals surface area contributed by atoms with Gasteiger partial charge in [-0.1, -0.05) is 0 Å². The van der Waals surface area contributed by atoms with Crippen molar-refractivity contribution in [2.75, 3.05) is 20.3 Å². The molecule has 0 aliphatic rings. The van der Waals surface area contributed by atoms with E-state index in [4.69, 9.17) is 9.47 Å². The van der Waals surface area contributed by atoms with E-state index in [1.165, 1.54) is 0 Å². The molecule has 11 heavy (non-hydrogen) atoms. The molecule has 0 spiro atoms. The van der Waals surface area contributed by atoms with Gasteiger partial charge in [0.05, 0.1) is 12.2 Å². The maximum absolute atomic E-state index is 9.46.